The highest BCUT2D eigenvalue weighted by molar-refractivity contribution is 5.94. The largest absolute Gasteiger partial charge is 0.379 e. The Bertz CT molecular complexity index is 213. The van der Waals surface area contributed by atoms with Gasteiger partial charge in [0.05, 0.1) is 12.6 Å². The van der Waals surface area contributed by atoms with Crippen LogP contribution in [0.3, 0.4) is 0 Å². The molecule has 1 saturated heterocycles. The molecule has 0 unspecified atom stereocenters. The molecule has 0 atom stereocenters. The van der Waals surface area contributed by atoms with E-state index in [0.717, 1.165) is 13.1 Å². The molecule has 6 heteroatoms. The van der Waals surface area contributed by atoms with E-state index in [1.54, 1.807) is 7.11 Å². The van der Waals surface area contributed by atoms with Crippen molar-refractivity contribution in [2.75, 3.05) is 26.7 Å². The highest BCUT2D eigenvalue weighted by atomic mass is 16.5. The summed E-state index contributed by atoms with van der Waals surface area (Å²) >= 11 is 0. The van der Waals surface area contributed by atoms with E-state index in [9.17, 15) is 9.59 Å². The van der Waals surface area contributed by atoms with Crippen molar-refractivity contribution in [2.45, 2.75) is 6.10 Å². The lowest BCUT2D eigenvalue weighted by Crippen LogP contribution is -2.55. The summed E-state index contributed by atoms with van der Waals surface area (Å²) in [5.74, 6) is -0.373. The maximum absolute atomic E-state index is 11.0. The Morgan fingerprint density at radius 1 is 1.62 bits per heavy atom. The lowest BCUT2D eigenvalue weighted by atomic mass is 10.2. The Labute approximate surface area is 76.0 Å². The first kappa shape index (κ1) is 9.94. The zero-order chi connectivity index (χ0) is 9.84. The molecule has 0 spiro atoms. The molecule has 1 aliphatic heterocycles. The molecule has 0 aliphatic carbocycles. The molecule has 3 N–H and O–H groups in total. The molecule has 1 heterocycles. The molecular weight excluding hydrogens is 174 g/mol. The number of hydrogen-bond donors (Lipinski definition) is 2. The summed E-state index contributed by atoms with van der Waals surface area (Å²) in [4.78, 5) is 23.1. The van der Waals surface area contributed by atoms with Crippen molar-refractivity contribution in [3.8, 4) is 0 Å². The zero-order valence-corrected chi connectivity index (χ0v) is 7.45. The Hall–Kier alpha value is -1.14. The van der Waals surface area contributed by atoms with E-state index >= 15 is 0 Å². The van der Waals surface area contributed by atoms with Gasteiger partial charge in [0.1, 0.15) is 0 Å². The maximum atomic E-state index is 11.0. The summed E-state index contributed by atoms with van der Waals surface area (Å²) in [5.41, 5.74) is 4.77. The number of imide groups is 1. The van der Waals surface area contributed by atoms with Gasteiger partial charge < -0.3 is 10.5 Å². The lowest BCUT2D eigenvalue weighted by Gasteiger charge is -2.37. The van der Waals surface area contributed by atoms with Gasteiger partial charge in [0.2, 0.25) is 5.91 Å². The normalized spacial score (nSPS) is 17.9. The van der Waals surface area contributed by atoms with Crippen LogP contribution in [0.4, 0.5) is 4.79 Å². The SMILES string of the molecule is COC1CN(CC(=O)NC(N)=O)C1. The smallest absolute Gasteiger partial charge is 0.318 e. The van der Waals surface area contributed by atoms with Crippen LogP contribution < -0.4 is 11.1 Å². The number of nitrogens with two attached hydrogens (primary N) is 1. The topological polar surface area (TPSA) is 84.7 Å². The second kappa shape index (κ2) is 4.20. The number of nitrogens with one attached hydrogen (secondary N) is 1. The predicted molar refractivity (Wildman–Crippen MR) is 45.0 cm³/mol. The fourth-order valence-corrected chi connectivity index (χ4v) is 1.18. The fraction of sp³-hybridized carbons (Fsp3) is 0.714. The summed E-state index contributed by atoms with van der Waals surface area (Å²) in [5, 5.41) is 1.99. The van der Waals surface area contributed by atoms with Crippen LogP contribution in [0, 0.1) is 0 Å². The number of methoxy groups -OCH3 is 1. The zero-order valence-electron chi connectivity index (χ0n) is 7.45. The van der Waals surface area contributed by atoms with Crippen LogP contribution in [0.2, 0.25) is 0 Å². The standard InChI is InChI=1S/C7H13N3O3/c1-13-5-2-10(3-5)4-6(11)9-7(8)12/h5H,2-4H2,1H3,(H3,8,9,11,12). The number of nitrogens with zero attached hydrogens (tertiary/aromatic N) is 1. The number of carbonyl (C=O) groups excluding carboxylic acids is 2. The number of rotatable bonds is 3. The third-order valence-electron chi connectivity index (χ3n) is 1.89. The fourth-order valence-electron chi connectivity index (χ4n) is 1.18. The minimum atomic E-state index is -0.811. The monoisotopic (exact) mass is 187 g/mol. The molecule has 0 aromatic heterocycles. The lowest BCUT2D eigenvalue weighted by molar-refractivity contribution is -0.124. The van der Waals surface area contributed by atoms with Crippen molar-refractivity contribution in [1.82, 2.24) is 10.2 Å². The van der Waals surface area contributed by atoms with E-state index in [1.165, 1.54) is 0 Å². The molecule has 3 amide bonds. The number of hydrogen-bond acceptors (Lipinski definition) is 4. The van der Waals surface area contributed by atoms with Crippen LogP contribution >= 0.6 is 0 Å². The van der Waals surface area contributed by atoms with Gasteiger partial charge in [-0.3, -0.25) is 15.0 Å². The second-order valence-electron chi connectivity index (χ2n) is 2.96. The van der Waals surface area contributed by atoms with E-state index in [2.05, 4.69) is 0 Å². The molecule has 1 rings (SSSR count). The van der Waals surface area contributed by atoms with Gasteiger partial charge in [0.25, 0.3) is 0 Å². The van der Waals surface area contributed by atoms with Crippen molar-refractivity contribution in [2.24, 2.45) is 5.73 Å². The van der Waals surface area contributed by atoms with E-state index in [0.29, 0.717) is 0 Å². The number of likely N-dealkylation sites (tertiary alicyclic amines) is 1. The van der Waals surface area contributed by atoms with Gasteiger partial charge in [-0.15, -0.1) is 0 Å². The predicted octanol–water partition coefficient (Wildman–Crippen LogP) is -1.49. The average molecular weight is 187 g/mol. The van der Waals surface area contributed by atoms with Crippen molar-refractivity contribution in [3.63, 3.8) is 0 Å². The van der Waals surface area contributed by atoms with E-state index in [4.69, 9.17) is 10.5 Å². The quantitative estimate of drug-likeness (QED) is 0.564. The molecule has 74 valence electrons. The molecular formula is C7H13N3O3. The van der Waals surface area contributed by atoms with E-state index in [-0.39, 0.29) is 18.6 Å². The number of carbonyl (C=O) groups is 2. The highest BCUT2D eigenvalue weighted by Gasteiger charge is 2.27. The molecule has 0 aromatic rings. The van der Waals surface area contributed by atoms with Gasteiger partial charge in [0.15, 0.2) is 0 Å². The molecule has 0 aromatic carbocycles. The van der Waals surface area contributed by atoms with Crippen LogP contribution in [0.15, 0.2) is 0 Å². The third kappa shape index (κ3) is 3.00. The van der Waals surface area contributed by atoms with Crippen molar-refractivity contribution in [3.05, 3.63) is 0 Å². The second-order valence-corrected chi connectivity index (χ2v) is 2.96. The Morgan fingerprint density at radius 2 is 2.23 bits per heavy atom. The molecule has 1 fully saturated rings. The van der Waals surface area contributed by atoms with Gasteiger partial charge in [-0.1, -0.05) is 0 Å². The van der Waals surface area contributed by atoms with Crippen LogP contribution in [-0.4, -0.2) is 49.7 Å². The van der Waals surface area contributed by atoms with Crippen LogP contribution in [0.5, 0.6) is 0 Å². The summed E-state index contributed by atoms with van der Waals surface area (Å²) in [6, 6.07) is -0.811. The third-order valence-corrected chi connectivity index (χ3v) is 1.89. The first-order valence-corrected chi connectivity index (χ1v) is 3.96. The molecule has 13 heavy (non-hydrogen) atoms. The van der Waals surface area contributed by atoms with Crippen molar-refractivity contribution in [1.29, 1.82) is 0 Å². The Kier molecular flexibility index (Phi) is 3.21. The summed E-state index contributed by atoms with van der Waals surface area (Å²) < 4.78 is 5.01. The first-order chi connectivity index (χ1) is 6.11. The van der Waals surface area contributed by atoms with Crippen molar-refractivity contribution >= 4 is 11.9 Å². The van der Waals surface area contributed by atoms with Crippen LogP contribution in [-0.2, 0) is 9.53 Å². The number of urea groups is 1. The Balaban J connectivity index is 2.13. The van der Waals surface area contributed by atoms with Crippen LogP contribution in [0.25, 0.3) is 0 Å². The summed E-state index contributed by atoms with van der Waals surface area (Å²) in [6.45, 7) is 1.65. The van der Waals surface area contributed by atoms with E-state index < -0.39 is 6.03 Å². The van der Waals surface area contributed by atoms with Gasteiger partial charge in [-0.05, 0) is 0 Å². The van der Waals surface area contributed by atoms with Crippen molar-refractivity contribution < 1.29 is 14.3 Å². The number of primary amides is 1. The molecule has 0 radical (unpaired) electrons. The van der Waals surface area contributed by atoms with Gasteiger partial charge in [0, 0.05) is 20.2 Å². The molecule has 1 aliphatic rings. The molecule has 0 saturated carbocycles. The Morgan fingerprint density at radius 3 is 2.69 bits per heavy atom. The van der Waals surface area contributed by atoms with Crippen LogP contribution in [0.1, 0.15) is 0 Å². The average Bonchev–Trinajstić information content (AvgIpc) is 1.94. The van der Waals surface area contributed by atoms with E-state index in [1.807, 2.05) is 10.2 Å². The van der Waals surface area contributed by atoms with Gasteiger partial charge >= 0.3 is 6.03 Å². The van der Waals surface area contributed by atoms with Gasteiger partial charge in [-0.25, -0.2) is 4.79 Å². The minimum absolute atomic E-state index is 0.197. The van der Waals surface area contributed by atoms with Gasteiger partial charge in [-0.2, -0.15) is 0 Å². The highest BCUT2D eigenvalue weighted by Crippen LogP contribution is 2.08. The number of amides is 3. The maximum Gasteiger partial charge on any atom is 0.318 e. The summed E-state index contributed by atoms with van der Waals surface area (Å²) in [6.07, 6.45) is 0.210. The molecule has 6 nitrogen and oxygen atoms in total. The molecule has 0 bridgehead atoms. The minimum Gasteiger partial charge on any atom is -0.379 e. The number of ether oxygens (including phenoxy) is 1. The first-order valence-electron chi connectivity index (χ1n) is 3.96. The summed E-state index contributed by atoms with van der Waals surface area (Å²) in [7, 11) is 1.63.